The molecule has 0 aromatic rings. The summed E-state index contributed by atoms with van der Waals surface area (Å²) < 4.78 is 14.3. The maximum absolute atomic E-state index is 11.4. The highest BCUT2D eigenvalue weighted by Gasteiger charge is 2.17. The first-order chi connectivity index (χ1) is 10.2. The molecule has 0 N–H and O–H groups in total. The van der Waals surface area contributed by atoms with Gasteiger partial charge in [0.25, 0.3) is 0 Å². The molecule has 0 aromatic carbocycles. The van der Waals surface area contributed by atoms with E-state index in [1.165, 1.54) is 6.08 Å². The lowest BCUT2D eigenvalue weighted by atomic mass is 10.2. The van der Waals surface area contributed by atoms with E-state index >= 15 is 0 Å². The van der Waals surface area contributed by atoms with Gasteiger partial charge in [0, 0.05) is 12.5 Å². The van der Waals surface area contributed by atoms with Crippen LogP contribution in [0, 0.1) is 0 Å². The summed E-state index contributed by atoms with van der Waals surface area (Å²) in [6.45, 7) is 6.80. The Labute approximate surface area is 129 Å². The van der Waals surface area contributed by atoms with Crippen molar-refractivity contribution < 1.29 is 33.4 Å². The average Bonchev–Trinajstić information content (AvgIpc) is 2.39. The summed E-state index contributed by atoms with van der Waals surface area (Å²) in [4.78, 5) is 45.0. The fourth-order valence-corrected chi connectivity index (χ4v) is 1.24. The number of carbonyl (C=O) groups is 4. The predicted molar refractivity (Wildman–Crippen MR) is 76.8 cm³/mol. The standard InChI is InChI=1S/C15H22O7/c1-5-20-12(17)9-8-11(16)14(19)21-10-6-7-13(18)22-15(2,3)4/h6-7H,5,8-10H2,1-4H3. The third-order valence-corrected chi connectivity index (χ3v) is 2.06. The minimum absolute atomic E-state index is 0.171. The topological polar surface area (TPSA) is 96.0 Å². The van der Waals surface area contributed by atoms with Crippen LogP contribution in [0.25, 0.3) is 0 Å². The van der Waals surface area contributed by atoms with Crippen molar-refractivity contribution in [3.8, 4) is 0 Å². The molecule has 0 atom stereocenters. The van der Waals surface area contributed by atoms with Crippen LogP contribution in [0.15, 0.2) is 12.2 Å². The molecule has 0 aromatic heterocycles. The molecule has 0 unspecified atom stereocenters. The van der Waals surface area contributed by atoms with Crippen LogP contribution in [0.5, 0.6) is 0 Å². The number of ketones is 1. The number of ether oxygens (including phenoxy) is 3. The highest BCUT2D eigenvalue weighted by atomic mass is 16.6. The van der Waals surface area contributed by atoms with Crippen molar-refractivity contribution in [2.24, 2.45) is 0 Å². The van der Waals surface area contributed by atoms with Crippen molar-refractivity contribution in [2.75, 3.05) is 13.2 Å². The van der Waals surface area contributed by atoms with Crippen molar-refractivity contribution in [1.82, 2.24) is 0 Å². The summed E-state index contributed by atoms with van der Waals surface area (Å²) in [5.74, 6) is -3.00. The van der Waals surface area contributed by atoms with E-state index < -0.39 is 29.3 Å². The van der Waals surface area contributed by atoms with Gasteiger partial charge in [-0.1, -0.05) is 0 Å². The van der Waals surface area contributed by atoms with Crippen LogP contribution in [0.1, 0.15) is 40.5 Å². The minimum Gasteiger partial charge on any atom is -0.466 e. The first-order valence-corrected chi connectivity index (χ1v) is 6.90. The predicted octanol–water partition coefficient (Wildman–Crippen LogP) is 1.34. The van der Waals surface area contributed by atoms with Crippen LogP contribution in [0.2, 0.25) is 0 Å². The van der Waals surface area contributed by atoms with Gasteiger partial charge >= 0.3 is 17.9 Å². The van der Waals surface area contributed by atoms with Gasteiger partial charge in [0.05, 0.1) is 13.0 Å². The number of rotatable bonds is 8. The Morgan fingerprint density at radius 3 is 2.18 bits per heavy atom. The molecule has 0 bridgehead atoms. The second-order valence-electron chi connectivity index (χ2n) is 5.26. The van der Waals surface area contributed by atoms with E-state index in [4.69, 9.17) is 4.74 Å². The van der Waals surface area contributed by atoms with Crippen LogP contribution in [0.3, 0.4) is 0 Å². The number of esters is 3. The van der Waals surface area contributed by atoms with Crippen LogP contribution in [-0.2, 0) is 33.4 Å². The Morgan fingerprint density at radius 1 is 1.00 bits per heavy atom. The quantitative estimate of drug-likeness (QED) is 0.289. The van der Waals surface area contributed by atoms with E-state index in [1.54, 1.807) is 27.7 Å². The number of hydrogen-bond acceptors (Lipinski definition) is 7. The summed E-state index contributed by atoms with van der Waals surface area (Å²) in [6, 6.07) is 0. The van der Waals surface area contributed by atoms with Gasteiger partial charge in [-0.05, 0) is 33.8 Å². The Bertz CT molecular complexity index is 443. The Balaban J connectivity index is 4.00. The molecule has 0 amide bonds. The lowest BCUT2D eigenvalue weighted by Gasteiger charge is -2.17. The van der Waals surface area contributed by atoms with E-state index in [2.05, 4.69) is 9.47 Å². The van der Waals surface area contributed by atoms with Crippen molar-refractivity contribution >= 4 is 23.7 Å². The van der Waals surface area contributed by atoms with Crippen LogP contribution in [0.4, 0.5) is 0 Å². The Morgan fingerprint density at radius 2 is 1.64 bits per heavy atom. The third kappa shape index (κ3) is 10.6. The summed E-state index contributed by atoms with van der Waals surface area (Å²) in [6.07, 6.45) is 1.94. The van der Waals surface area contributed by atoms with Gasteiger partial charge < -0.3 is 14.2 Å². The average molecular weight is 314 g/mol. The molecule has 0 saturated heterocycles. The number of Topliss-reactive ketones (excluding diaryl/α,β-unsaturated/α-hetero) is 1. The molecule has 7 nitrogen and oxygen atoms in total. The van der Waals surface area contributed by atoms with E-state index in [-0.39, 0.29) is 26.1 Å². The fourth-order valence-electron chi connectivity index (χ4n) is 1.24. The molecule has 0 rings (SSSR count). The first-order valence-electron chi connectivity index (χ1n) is 6.90. The van der Waals surface area contributed by atoms with Gasteiger partial charge in [-0.2, -0.15) is 0 Å². The summed E-state index contributed by atoms with van der Waals surface area (Å²) in [5.41, 5.74) is -0.610. The molecule has 0 fully saturated rings. The smallest absolute Gasteiger partial charge is 0.374 e. The molecule has 0 saturated carbocycles. The number of carbonyl (C=O) groups excluding carboxylic acids is 4. The molecule has 0 radical (unpaired) electrons. The zero-order chi connectivity index (χ0) is 17.2. The normalized spacial score (nSPS) is 11.1. The molecular weight excluding hydrogens is 292 g/mol. The molecule has 0 aliphatic rings. The largest absolute Gasteiger partial charge is 0.466 e. The third-order valence-electron chi connectivity index (χ3n) is 2.06. The maximum atomic E-state index is 11.4. The Kier molecular flexibility index (Phi) is 8.74. The molecule has 124 valence electrons. The molecule has 7 heteroatoms. The van der Waals surface area contributed by atoms with Crippen molar-refractivity contribution in [3.63, 3.8) is 0 Å². The summed E-state index contributed by atoms with van der Waals surface area (Å²) >= 11 is 0. The highest BCUT2D eigenvalue weighted by Crippen LogP contribution is 2.07. The van der Waals surface area contributed by atoms with Crippen LogP contribution >= 0.6 is 0 Å². The van der Waals surface area contributed by atoms with E-state index in [9.17, 15) is 19.2 Å². The summed E-state index contributed by atoms with van der Waals surface area (Å²) in [5, 5.41) is 0. The van der Waals surface area contributed by atoms with Gasteiger partial charge in [-0.25, -0.2) is 9.59 Å². The van der Waals surface area contributed by atoms with Crippen molar-refractivity contribution in [3.05, 3.63) is 12.2 Å². The lowest BCUT2D eigenvalue weighted by molar-refractivity contribution is -0.154. The molecule has 22 heavy (non-hydrogen) atoms. The zero-order valence-corrected chi connectivity index (χ0v) is 13.3. The zero-order valence-electron chi connectivity index (χ0n) is 13.3. The first kappa shape index (κ1) is 19.8. The van der Waals surface area contributed by atoms with Crippen molar-refractivity contribution in [2.45, 2.75) is 46.1 Å². The lowest BCUT2D eigenvalue weighted by Crippen LogP contribution is -2.22. The van der Waals surface area contributed by atoms with Crippen LogP contribution in [-0.4, -0.2) is 42.5 Å². The van der Waals surface area contributed by atoms with E-state index in [1.807, 2.05) is 0 Å². The van der Waals surface area contributed by atoms with E-state index in [0.29, 0.717) is 0 Å². The van der Waals surface area contributed by atoms with Crippen LogP contribution < -0.4 is 0 Å². The molecule has 0 heterocycles. The molecule has 0 aliphatic carbocycles. The van der Waals surface area contributed by atoms with Gasteiger partial charge in [0.1, 0.15) is 12.2 Å². The van der Waals surface area contributed by atoms with Gasteiger partial charge in [-0.15, -0.1) is 0 Å². The Hall–Kier alpha value is -2.18. The molecule has 0 aliphatic heterocycles. The summed E-state index contributed by atoms with van der Waals surface area (Å²) in [7, 11) is 0. The second-order valence-corrected chi connectivity index (χ2v) is 5.26. The SMILES string of the molecule is CCOC(=O)CCC(=O)C(=O)OCC=CC(=O)OC(C)(C)C. The van der Waals surface area contributed by atoms with Gasteiger partial charge in [-0.3, -0.25) is 9.59 Å². The number of hydrogen-bond donors (Lipinski definition) is 0. The van der Waals surface area contributed by atoms with Crippen molar-refractivity contribution in [1.29, 1.82) is 0 Å². The fraction of sp³-hybridized carbons (Fsp3) is 0.600. The molecular formula is C15H22O7. The highest BCUT2D eigenvalue weighted by molar-refractivity contribution is 6.33. The van der Waals surface area contributed by atoms with E-state index in [0.717, 1.165) is 6.08 Å². The van der Waals surface area contributed by atoms with Gasteiger partial charge in [0.15, 0.2) is 0 Å². The minimum atomic E-state index is -1.06. The molecule has 0 spiro atoms. The monoisotopic (exact) mass is 314 g/mol. The second kappa shape index (κ2) is 9.70. The van der Waals surface area contributed by atoms with Gasteiger partial charge in [0.2, 0.25) is 5.78 Å². The maximum Gasteiger partial charge on any atom is 0.374 e.